The number of nitrogens with zero attached hydrogens (tertiary/aromatic N) is 1. The third kappa shape index (κ3) is 4.23. The van der Waals surface area contributed by atoms with Crippen molar-refractivity contribution in [3.05, 3.63) is 51.9 Å². The van der Waals surface area contributed by atoms with E-state index in [1.54, 1.807) is 37.4 Å². The van der Waals surface area contributed by atoms with Gasteiger partial charge in [-0.05, 0) is 61.3 Å². The van der Waals surface area contributed by atoms with Crippen LogP contribution >= 0.6 is 11.3 Å². The Balaban J connectivity index is 2.05. The highest BCUT2D eigenvalue weighted by Gasteiger charge is 2.25. The number of thiophene rings is 1. The molecule has 144 valence electrons. The van der Waals surface area contributed by atoms with E-state index in [4.69, 9.17) is 4.74 Å². The first-order valence-corrected chi connectivity index (χ1v) is 12.4. The standard InChI is InChI=1S/C19H21NO4S3/c1-4-24-18(21)17-15-7-5-6-8-16(15)19(25-17)26(3)20-27(22,23)14-11-9-13(2)10-12-14/h6,8-12H,4-5,7H2,1-3H3/t26-/m1/s1. The van der Waals surface area contributed by atoms with Crippen molar-refractivity contribution in [2.24, 2.45) is 3.77 Å². The Kier molecular flexibility index (Phi) is 5.98. The summed E-state index contributed by atoms with van der Waals surface area (Å²) in [4.78, 5) is 13.1. The number of esters is 1. The first-order chi connectivity index (χ1) is 12.8. The van der Waals surface area contributed by atoms with Crippen LogP contribution in [0.15, 0.2) is 43.2 Å². The number of fused-ring (bicyclic) bond motifs is 1. The van der Waals surface area contributed by atoms with E-state index in [0.717, 1.165) is 33.7 Å². The Labute approximate surface area is 166 Å². The van der Waals surface area contributed by atoms with E-state index in [1.807, 2.05) is 19.1 Å². The molecule has 0 fully saturated rings. The van der Waals surface area contributed by atoms with E-state index in [2.05, 4.69) is 3.77 Å². The summed E-state index contributed by atoms with van der Waals surface area (Å²) in [5, 5.41) is 0. The van der Waals surface area contributed by atoms with Crippen LogP contribution in [0.1, 0.15) is 39.7 Å². The molecule has 2 aromatic rings. The van der Waals surface area contributed by atoms with Crippen molar-refractivity contribution in [1.29, 1.82) is 0 Å². The molecule has 3 rings (SSSR count). The first-order valence-electron chi connectivity index (χ1n) is 8.53. The lowest BCUT2D eigenvalue weighted by atomic mass is 10.00. The summed E-state index contributed by atoms with van der Waals surface area (Å²) in [5.74, 6) is -0.348. The van der Waals surface area contributed by atoms with Gasteiger partial charge in [0.1, 0.15) is 4.88 Å². The molecule has 1 heterocycles. The summed E-state index contributed by atoms with van der Waals surface area (Å²) in [7, 11) is -4.67. The maximum atomic E-state index is 12.7. The van der Waals surface area contributed by atoms with E-state index in [-0.39, 0.29) is 10.9 Å². The number of rotatable bonds is 5. The fourth-order valence-corrected chi connectivity index (χ4v) is 7.57. The van der Waals surface area contributed by atoms with Gasteiger partial charge in [0, 0.05) is 5.56 Å². The van der Waals surface area contributed by atoms with Crippen LogP contribution in [0.2, 0.25) is 0 Å². The van der Waals surface area contributed by atoms with Crippen LogP contribution in [-0.2, 0) is 31.9 Å². The smallest absolute Gasteiger partial charge is 0.348 e. The average Bonchev–Trinajstić information content (AvgIpc) is 3.02. The Bertz CT molecular complexity index is 1030. The van der Waals surface area contributed by atoms with Crippen molar-refractivity contribution < 1.29 is 17.9 Å². The minimum atomic E-state index is -3.77. The first kappa shape index (κ1) is 20.0. The van der Waals surface area contributed by atoms with E-state index in [9.17, 15) is 13.2 Å². The van der Waals surface area contributed by atoms with Gasteiger partial charge in [-0.15, -0.1) is 15.1 Å². The molecule has 0 N–H and O–H groups in total. The molecule has 0 spiro atoms. The topological polar surface area (TPSA) is 72.8 Å². The lowest BCUT2D eigenvalue weighted by Gasteiger charge is -2.09. The zero-order valence-corrected chi connectivity index (χ0v) is 17.8. The molecule has 0 saturated heterocycles. The largest absolute Gasteiger partial charge is 0.462 e. The highest BCUT2D eigenvalue weighted by molar-refractivity contribution is 8.00. The van der Waals surface area contributed by atoms with Gasteiger partial charge in [-0.3, -0.25) is 0 Å². The number of sulfonamides is 1. The van der Waals surface area contributed by atoms with E-state index >= 15 is 0 Å². The zero-order valence-electron chi connectivity index (χ0n) is 15.4. The Hall–Kier alpha value is -1.77. The highest BCUT2D eigenvalue weighted by atomic mass is 32.3. The molecule has 1 atom stereocenters. The lowest BCUT2D eigenvalue weighted by Crippen LogP contribution is -2.06. The second kappa shape index (κ2) is 8.08. The van der Waals surface area contributed by atoms with E-state index in [0.29, 0.717) is 11.5 Å². The van der Waals surface area contributed by atoms with Crippen LogP contribution in [0.3, 0.4) is 0 Å². The van der Waals surface area contributed by atoms with Gasteiger partial charge in [0.05, 0.1) is 15.7 Å². The zero-order chi connectivity index (χ0) is 19.6. The molecule has 27 heavy (non-hydrogen) atoms. The van der Waals surface area contributed by atoms with Crippen molar-refractivity contribution in [1.82, 2.24) is 0 Å². The predicted molar refractivity (Wildman–Crippen MR) is 110 cm³/mol. The van der Waals surface area contributed by atoms with Crippen molar-refractivity contribution >= 4 is 44.1 Å². The quantitative estimate of drug-likeness (QED) is 0.669. The summed E-state index contributed by atoms with van der Waals surface area (Å²) < 4.78 is 35.5. The van der Waals surface area contributed by atoms with Gasteiger partial charge < -0.3 is 4.74 Å². The molecule has 0 bridgehead atoms. The number of hydrogen-bond acceptors (Lipinski definition) is 5. The minimum Gasteiger partial charge on any atom is -0.462 e. The lowest BCUT2D eigenvalue weighted by molar-refractivity contribution is 0.0531. The van der Waals surface area contributed by atoms with Crippen molar-refractivity contribution in [3.63, 3.8) is 0 Å². The van der Waals surface area contributed by atoms with E-state index < -0.39 is 20.7 Å². The molecule has 0 amide bonds. The summed E-state index contributed by atoms with van der Waals surface area (Å²) in [5.41, 5.74) is 2.85. The third-order valence-electron chi connectivity index (χ3n) is 4.12. The van der Waals surface area contributed by atoms with E-state index in [1.165, 1.54) is 11.3 Å². The number of hydrogen-bond donors (Lipinski definition) is 0. The Morgan fingerprint density at radius 1 is 1.30 bits per heavy atom. The SMILES string of the molecule is CCOC(=O)c1sc([S@@](C)=NS(=O)(=O)c2ccc(C)cc2)c2c1CCC=C2. The number of benzene rings is 1. The van der Waals surface area contributed by atoms with Gasteiger partial charge in [-0.25, -0.2) is 4.79 Å². The van der Waals surface area contributed by atoms with Crippen molar-refractivity contribution in [3.8, 4) is 0 Å². The minimum absolute atomic E-state index is 0.180. The molecule has 1 aromatic heterocycles. The van der Waals surface area contributed by atoms with Crippen LogP contribution in [0.5, 0.6) is 0 Å². The van der Waals surface area contributed by atoms with Crippen LogP contribution in [0.25, 0.3) is 6.08 Å². The molecular weight excluding hydrogens is 402 g/mol. The molecule has 0 aliphatic heterocycles. The van der Waals surface area contributed by atoms with Gasteiger partial charge in [-0.1, -0.05) is 29.8 Å². The normalized spacial score (nSPS) is 14.8. The molecular formula is C19H21NO4S3. The Morgan fingerprint density at radius 3 is 2.67 bits per heavy atom. The number of aryl methyl sites for hydroxylation is 1. The van der Waals surface area contributed by atoms with Gasteiger partial charge >= 0.3 is 5.97 Å². The van der Waals surface area contributed by atoms with Gasteiger partial charge in [0.2, 0.25) is 0 Å². The van der Waals surface area contributed by atoms with Gasteiger partial charge in [0.15, 0.2) is 0 Å². The summed E-state index contributed by atoms with van der Waals surface area (Å²) in [6.45, 7) is 3.98. The van der Waals surface area contributed by atoms with Crippen molar-refractivity contribution in [2.45, 2.75) is 35.8 Å². The summed E-state index contributed by atoms with van der Waals surface area (Å²) in [6, 6.07) is 6.65. The molecule has 5 nitrogen and oxygen atoms in total. The van der Waals surface area contributed by atoms with Crippen LogP contribution in [-0.4, -0.2) is 27.2 Å². The molecule has 1 aliphatic rings. The molecule has 1 aromatic carbocycles. The van der Waals surface area contributed by atoms with Crippen LogP contribution in [0, 0.1) is 6.92 Å². The number of carbonyl (C=O) groups is 1. The van der Waals surface area contributed by atoms with Crippen LogP contribution < -0.4 is 0 Å². The second-order valence-corrected chi connectivity index (χ2v) is 10.8. The molecule has 1 aliphatic carbocycles. The summed E-state index contributed by atoms with van der Waals surface area (Å²) >= 11 is 1.30. The summed E-state index contributed by atoms with van der Waals surface area (Å²) in [6.07, 6.45) is 7.38. The fourth-order valence-electron chi connectivity index (χ4n) is 2.82. The van der Waals surface area contributed by atoms with Gasteiger partial charge in [0.25, 0.3) is 10.0 Å². The van der Waals surface area contributed by atoms with Crippen molar-refractivity contribution in [2.75, 3.05) is 12.9 Å². The van der Waals surface area contributed by atoms with Crippen LogP contribution in [0.4, 0.5) is 0 Å². The maximum Gasteiger partial charge on any atom is 0.348 e. The second-order valence-electron chi connectivity index (χ2n) is 6.11. The predicted octanol–water partition coefficient (Wildman–Crippen LogP) is 4.37. The number of carbonyl (C=O) groups excluding carboxylic acids is 1. The average molecular weight is 424 g/mol. The Morgan fingerprint density at radius 2 is 2.00 bits per heavy atom. The van der Waals surface area contributed by atoms with Gasteiger partial charge in [-0.2, -0.15) is 8.42 Å². The fraction of sp³-hybridized carbons (Fsp3) is 0.316. The molecule has 0 saturated carbocycles. The highest BCUT2D eigenvalue weighted by Crippen LogP contribution is 2.37. The number of allylic oxidation sites excluding steroid dienone is 1. The molecule has 8 heteroatoms. The maximum absolute atomic E-state index is 12.7. The number of ether oxygens (including phenoxy) is 1. The third-order valence-corrected chi connectivity index (χ3v) is 9.42. The monoisotopic (exact) mass is 423 g/mol. The molecule has 0 unspecified atom stereocenters. The molecule has 0 radical (unpaired) electrons.